The quantitative estimate of drug-likeness (QED) is 0.445. The lowest BCUT2D eigenvalue weighted by molar-refractivity contribution is -0.152. The van der Waals surface area contributed by atoms with Crippen molar-refractivity contribution in [1.29, 1.82) is 0 Å². The van der Waals surface area contributed by atoms with Crippen molar-refractivity contribution in [3.63, 3.8) is 0 Å². The van der Waals surface area contributed by atoms with Gasteiger partial charge in [0.25, 0.3) is 0 Å². The van der Waals surface area contributed by atoms with Gasteiger partial charge in [-0.3, -0.25) is 4.79 Å². The summed E-state index contributed by atoms with van der Waals surface area (Å²) < 4.78 is 5.14. The van der Waals surface area contributed by atoms with Crippen LogP contribution in [0.1, 0.15) is 91.8 Å². The highest BCUT2D eigenvalue weighted by Crippen LogP contribution is 2.40. The third kappa shape index (κ3) is 8.72. The first kappa shape index (κ1) is 28.4. The number of carbonyl (C=O) groups is 1. The number of aryl methyl sites for hydroxylation is 1. The molecule has 4 N–H and O–H groups in total. The summed E-state index contributed by atoms with van der Waals surface area (Å²) in [6, 6.07) is 3.86. The smallest absolute Gasteiger partial charge is 0.306 e. The molecule has 1 aromatic carbocycles. The van der Waals surface area contributed by atoms with Gasteiger partial charge >= 0.3 is 5.97 Å². The molecule has 0 radical (unpaired) electrons. The van der Waals surface area contributed by atoms with Gasteiger partial charge < -0.3 is 25.2 Å². The Morgan fingerprint density at radius 3 is 1.75 bits per heavy atom. The fourth-order valence-electron chi connectivity index (χ4n) is 3.58. The molecule has 0 saturated heterocycles. The van der Waals surface area contributed by atoms with Gasteiger partial charge in [-0.15, -0.1) is 0 Å². The molecule has 0 aliphatic heterocycles. The highest BCUT2D eigenvalue weighted by Gasteiger charge is 2.30. The molecule has 0 bridgehead atoms. The number of esters is 1. The van der Waals surface area contributed by atoms with Gasteiger partial charge in [0.15, 0.2) is 0 Å². The minimum Gasteiger partial charge on any atom is -0.507 e. The number of phenols is 1. The Kier molecular flexibility index (Phi) is 9.35. The summed E-state index contributed by atoms with van der Waals surface area (Å²) in [5.74, 6) is -0.202. The van der Waals surface area contributed by atoms with E-state index in [4.69, 9.17) is 4.74 Å². The molecule has 0 saturated carbocycles. The number of carbonyl (C=O) groups excluding carboxylic acids is 1. The van der Waals surface area contributed by atoms with E-state index in [9.17, 15) is 25.2 Å². The van der Waals surface area contributed by atoms with Crippen molar-refractivity contribution in [2.75, 3.05) is 6.61 Å². The zero-order valence-corrected chi connectivity index (χ0v) is 21.3. The van der Waals surface area contributed by atoms with Gasteiger partial charge in [-0.2, -0.15) is 0 Å². The molecule has 0 amide bonds. The fraction of sp³-hybridized carbons (Fsp3) is 0.731. The third-order valence-corrected chi connectivity index (χ3v) is 5.43. The van der Waals surface area contributed by atoms with Crippen LogP contribution < -0.4 is 0 Å². The number of aliphatic hydroxyl groups excluding tert-OH is 3. The first-order valence-electron chi connectivity index (χ1n) is 11.4. The van der Waals surface area contributed by atoms with Crippen molar-refractivity contribution in [3.8, 4) is 5.75 Å². The summed E-state index contributed by atoms with van der Waals surface area (Å²) >= 11 is 0. The third-order valence-electron chi connectivity index (χ3n) is 5.43. The maximum atomic E-state index is 12.2. The number of benzene rings is 1. The van der Waals surface area contributed by atoms with Gasteiger partial charge in [-0.1, -0.05) is 74.4 Å². The van der Waals surface area contributed by atoms with Crippen LogP contribution in [-0.2, 0) is 26.8 Å². The highest BCUT2D eigenvalue weighted by atomic mass is 16.5. The molecule has 32 heavy (non-hydrogen) atoms. The second-order valence-electron chi connectivity index (χ2n) is 12.1. The SMILES string of the molecule is CC(C)(C)CC(O)[C@H](O)[C@H](O)COC(=O)CCc1cc(C(C)(C)C)c(O)c(C(C)(C)C)c1. The molecule has 3 atom stereocenters. The van der Waals surface area contributed by atoms with Crippen LogP contribution in [0.2, 0.25) is 0 Å². The van der Waals surface area contributed by atoms with E-state index < -0.39 is 24.3 Å². The molecule has 0 aliphatic carbocycles. The first-order chi connectivity index (χ1) is 14.3. The lowest BCUT2D eigenvalue weighted by atomic mass is 9.78. The maximum absolute atomic E-state index is 12.2. The van der Waals surface area contributed by atoms with Crippen molar-refractivity contribution in [2.45, 2.75) is 111 Å². The standard InChI is InChI=1S/C26H44O6/c1-24(2,3)14-19(27)23(31)20(28)15-32-21(29)11-10-16-12-17(25(4,5)6)22(30)18(13-16)26(7,8)9/h12-13,19-20,23,27-28,30-31H,10-11,14-15H2,1-9H3/t19?,20-,23+/m1/s1. The number of aromatic hydroxyl groups is 1. The van der Waals surface area contributed by atoms with Crippen LogP contribution in [0.3, 0.4) is 0 Å². The number of aliphatic hydroxyl groups is 3. The maximum Gasteiger partial charge on any atom is 0.306 e. The van der Waals surface area contributed by atoms with Crippen molar-refractivity contribution < 1.29 is 30.0 Å². The van der Waals surface area contributed by atoms with Crippen LogP contribution in [0.25, 0.3) is 0 Å². The number of hydrogen-bond acceptors (Lipinski definition) is 6. The Morgan fingerprint density at radius 1 is 0.875 bits per heavy atom. The predicted octanol–water partition coefficient (Wildman–Crippen LogP) is 3.98. The lowest BCUT2D eigenvalue weighted by Gasteiger charge is -2.28. The summed E-state index contributed by atoms with van der Waals surface area (Å²) in [5, 5.41) is 41.1. The van der Waals surface area contributed by atoms with Gasteiger partial charge in [0.2, 0.25) is 0 Å². The van der Waals surface area contributed by atoms with Crippen LogP contribution in [0.4, 0.5) is 0 Å². The normalized spacial score (nSPS) is 15.9. The van der Waals surface area contributed by atoms with E-state index in [2.05, 4.69) is 0 Å². The minimum absolute atomic E-state index is 0.102. The molecule has 1 unspecified atom stereocenters. The molecular weight excluding hydrogens is 408 g/mol. The molecular formula is C26H44O6. The topological polar surface area (TPSA) is 107 Å². The molecule has 0 aliphatic rings. The molecule has 0 aromatic heterocycles. The number of rotatable bonds is 8. The molecule has 184 valence electrons. The average molecular weight is 453 g/mol. The highest BCUT2D eigenvalue weighted by molar-refractivity contribution is 5.69. The van der Waals surface area contributed by atoms with Crippen LogP contribution in [0, 0.1) is 5.41 Å². The van der Waals surface area contributed by atoms with Crippen LogP contribution in [0.15, 0.2) is 12.1 Å². The van der Waals surface area contributed by atoms with Gasteiger partial charge in [-0.25, -0.2) is 0 Å². The average Bonchev–Trinajstić information content (AvgIpc) is 2.61. The predicted molar refractivity (Wildman–Crippen MR) is 127 cm³/mol. The summed E-state index contributed by atoms with van der Waals surface area (Å²) in [5.41, 5.74) is 1.87. The zero-order chi connectivity index (χ0) is 25.1. The Bertz CT molecular complexity index is 729. The molecule has 6 nitrogen and oxygen atoms in total. The minimum atomic E-state index is -1.39. The summed E-state index contributed by atoms with van der Waals surface area (Å²) in [4.78, 5) is 12.2. The van der Waals surface area contributed by atoms with Crippen molar-refractivity contribution >= 4 is 5.97 Å². The lowest BCUT2D eigenvalue weighted by Crippen LogP contribution is -2.42. The van der Waals surface area contributed by atoms with E-state index in [1.165, 1.54) is 0 Å². The van der Waals surface area contributed by atoms with Crippen molar-refractivity contribution in [3.05, 3.63) is 28.8 Å². The van der Waals surface area contributed by atoms with Crippen molar-refractivity contribution in [2.24, 2.45) is 5.41 Å². The van der Waals surface area contributed by atoms with E-state index in [0.29, 0.717) is 18.6 Å². The van der Waals surface area contributed by atoms with E-state index >= 15 is 0 Å². The molecule has 0 heterocycles. The molecule has 6 heteroatoms. The molecule has 0 fully saturated rings. The fourth-order valence-corrected chi connectivity index (χ4v) is 3.58. The Labute approximate surface area is 193 Å². The largest absolute Gasteiger partial charge is 0.507 e. The van der Waals surface area contributed by atoms with E-state index in [-0.39, 0.29) is 29.3 Å². The Balaban J connectivity index is 2.79. The molecule has 1 rings (SSSR count). The zero-order valence-electron chi connectivity index (χ0n) is 21.3. The van der Waals surface area contributed by atoms with Crippen molar-refractivity contribution in [1.82, 2.24) is 0 Å². The second-order valence-corrected chi connectivity index (χ2v) is 12.1. The van der Waals surface area contributed by atoms with E-state index in [1.54, 1.807) is 0 Å². The van der Waals surface area contributed by atoms with Gasteiger partial charge in [-0.05, 0) is 45.8 Å². The van der Waals surface area contributed by atoms with Crippen LogP contribution in [-0.4, -0.2) is 51.3 Å². The molecule has 1 aromatic rings. The number of hydrogen-bond donors (Lipinski definition) is 4. The van der Waals surface area contributed by atoms with Crippen LogP contribution >= 0.6 is 0 Å². The monoisotopic (exact) mass is 452 g/mol. The summed E-state index contributed by atoms with van der Waals surface area (Å²) in [6.45, 7) is 17.6. The van der Waals surface area contributed by atoms with Crippen LogP contribution in [0.5, 0.6) is 5.75 Å². The second kappa shape index (κ2) is 10.5. The number of phenolic OH excluding ortho intramolecular Hbond substituents is 1. The van der Waals surface area contributed by atoms with Gasteiger partial charge in [0, 0.05) is 6.42 Å². The molecule has 0 spiro atoms. The Hall–Kier alpha value is -1.63. The Morgan fingerprint density at radius 2 is 1.34 bits per heavy atom. The summed E-state index contributed by atoms with van der Waals surface area (Å²) in [7, 11) is 0. The first-order valence-corrected chi connectivity index (χ1v) is 11.4. The van der Waals surface area contributed by atoms with Gasteiger partial charge in [0.05, 0.1) is 6.10 Å². The number of ether oxygens (including phenoxy) is 1. The van der Waals surface area contributed by atoms with E-state index in [0.717, 1.165) is 16.7 Å². The van der Waals surface area contributed by atoms with E-state index in [1.807, 2.05) is 74.4 Å². The van der Waals surface area contributed by atoms with Gasteiger partial charge in [0.1, 0.15) is 24.6 Å². The summed E-state index contributed by atoms with van der Waals surface area (Å²) in [6.07, 6.45) is -3.01.